The van der Waals surface area contributed by atoms with Crippen molar-refractivity contribution in [3.05, 3.63) is 35.9 Å². The molecule has 0 saturated carbocycles. The Hall–Kier alpha value is -2.33. The number of imide groups is 1. The Bertz CT molecular complexity index is 784. The average Bonchev–Trinajstić information content (AvgIpc) is 2.92. The number of amides is 4. The first-order valence-electron chi connectivity index (χ1n) is 6.67. The zero-order chi connectivity index (χ0) is 18.1. The van der Waals surface area contributed by atoms with E-state index in [0.29, 0.717) is 11.2 Å². The first kappa shape index (κ1) is 18.0. The van der Waals surface area contributed by atoms with Crippen molar-refractivity contribution in [2.75, 3.05) is 19.3 Å². The number of carbonyl (C=O) groups excluding carboxylic acids is 2. The lowest BCUT2D eigenvalue weighted by Gasteiger charge is -2.35. The smallest absolute Gasteiger partial charge is 0.351 e. The van der Waals surface area contributed by atoms with Crippen molar-refractivity contribution in [1.29, 1.82) is 0 Å². The second-order valence-electron chi connectivity index (χ2n) is 4.99. The molecule has 130 valence electrons. The number of carbonyl (C=O) groups is 3. The van der Waals surface area contributed by atoms with E-state index in [1.54, 1.807) is 6.07 Å². The second kappa shape index (κ2) is 6.29. The summed E-state index contributed by atoms with van der Waals surface area (Å²) in [5.74, 6) is -1.77. The van der Waals surface area contributed by atoms with E-state index in [2.05, 4.69) is 5.32 Å². The zero-order valence-corrected chi connectivity index (χ0v) is 14.0. The van der Waals surface area contributed by atoms with Crippen molar-refractivity contribution < 1.29 is 27.9 Å². The first-order chi connectivity index (χ1) is 11.1. The fourth-order valence-corrected chi connectivity index (χ4v) is 3.85. The van der Waals surface area contributed by atoms with Gasteiger partial charge in [-0.1, -0.05) is 41.9 Å². The lowest BCUT2D eigenvalue weighted by Crippen LogP contribution is -2.57. The van der Waals surface area contributed by atoms with E-state index in [9.17, 15) is 27.9 Å². The molecule has 1 fully saturated rings. The van der Waals surface area contributed by atoms with Crippen LogP contribution in [0.15, 0.2) is 30.3 Å². The zero-order valence-electron chi connectivity index (χ0n) is 12.5. The van der Waals surface area contributed by atoms with Crippen molar-refractivity contribution in [2.24, 2.45) is 0 Å². The van der Waals surface area contributed by atoms with Gasteiger partial charge in [-0.25, -0.2) is 27.7 Å². The van der Waals surface area contributed by atoms with Gasteiger partial charge in [0.15, 0.2) is 0 Å². The lowest BCUT2D eigenvalue weighted by molar-refractivity contribution is -0.143. The Morgan fingerprint density at radius 1 is 1.33 bits per heavy atom. The normalized spacial score (nSPS) is 17.1. The fourth-order valence-electron chi connectivity index (χ4n) is 2.25. The van der Waals surface area contributed by atoms with E-state index in [4.69, 9.17) is 11.6 Å². The summed E-state index contributed by atoms with van der Waals surface area (Å²) in [6.45, 7) is 0.0148. The summed E-state index contributed by atoms with van der Waals surface area (Å²) in [6.07, 6.45) is 0.641. The number of nitrogens with zero attached hydrogens (tertiary/aromatic N) is 2. The van der Waals surface area contributed by atoms with Crippen molar-refractivity contribution in [3.8, 4) is 0 Å². The van der Waals surface area contributed by atoms with Crippen LogP contribution in [-0.4, -0.2) is 60.1 Å². The molecule has 1 saturated heterocycles. The van der Waals surface area contributed by atoms with E-state index < -0.39 is 33.1 Å². The van der Waals surface area contributed by atoms with Crippen LogP contribution < -0.4 is 5.32 Å². The summed E-state index contributed by atoms with van der Waals surface area (Å²) in [7, 11) is -4.43. The Morgan fingerprint density at radius 2 is 1.92 bits per heavy atom. The van der Waals surface area contributed by atoms with Crippen molar-refractivity contribution >= 4 is 39.7 Å². The fraction of sp³-hybridized carbons (Fsp3) is 0.308. The van der Waals surface area contributed by atoms with Gasteiger partial charge in [0.05, 0.1) is 6.26 Å². The number of rotatable bonds is 4. The lowest BCUT2D eigenvalue weighted by atomic mass is 10.1. The van der Waals surface area contributed by atoms with Crippen LogP contribution in [0.4, 0.5) is 9.59 Å². The molecular formula is C13H14ClN3O6S. The number of benzene rings is 1. The summed E-state index contributed by atoms with van der Waals surface area (Å²) < 4.78 is 24.3. The van der Waals surface area contributed by atoms with Gasteiger partial charge in [0.1, 0.15) is 0 Å². The third kappa shape index (κ3) is 3.02. The molecule has 0 aromatic heterocycles. The highest BCUT2D eigenvalue weighted by Crippen LogP contribution is 2.36. The molecule has 2 N–H and O–H groups in total. The number of sulfonamides is 1. The number of halogens is 1. The Labute approximate surface area is 142 Å². The van der Waals surface area contributed by atoms with Crippen LogP contribution in [0.5, 0.6) is 0 Å². The summed E-state index contributed by atoms with van der Waals surface area (Å²) in [4.78, 5) is 33.9. The molecule has 4 amide bonds. The molecule has 24 heavy (non-hydrogen) atoms. The highest BCUT2D eigenvalue weighted by atomic mass is 35.5. The topological polar surface area (TPSA) is 124 Å². The summed E-state index contributed by atoms with van der Waals surface area (Å²) in [5.41, 5.74) is -0.141. The van der Waals surface area contributed by atoms with Crippen LogP contribution in [0.25, 0.3) is 0 Å². The van der Waals surface area contributed by atoms with E-state index in [0.717, 1.165) is 0 Å². The molecule has 1 aliphatic rings. The van der Waals surface area contributed by atoms with Gasteiger partial charge < -0.3 is 10.4 Å². The average molecular weight is 376 g/mol. The standard InChI is InChI=1S/C13H14ClN3O6S/c1-24(22,23)17(12(21)16-8-7-15-11(16)20)13(14,10(18)19)9-5-3-2-4-6-9/h2-6H,7-8H2,1H3,(H,15,20)(H,18,19). The van der Waals surface area contributed by atoms with Crippen LogP contribution in [0, 0.1) is 0 Å². The van der Waals surface area contributed by atoms with Gasteiger partial charge in [-0.15, -0.1) is 0 Å². The monoisotopic (exact) mass is 375 g/mol. The van der Waals surface area contributed by atoms with Crippen LogP contribution in [0.3, 0.4) is 0 Å². The molecule has 0 radical (unpaired) electrons. The molecule has 0 aliphatic carbocycles. The van der Waals surface area contributed by atoms with E-state index in [1.165, 1.54) is 24.3 Å². The van der Waals surface area contributed by atoms with E-state index in [1.807, 2.05) is 0 Å². The molecule has 1 heterocycles. The Kier molecular flexibility index (Phi) is 4.72. The van der Waals surface area contributed by atoms with Gasteiger partial charge in [-0.2, -0.15) is 4.31 Å². The Morgan fingerprint density at radius 3 is 2.33 bits per heavy atom. The Balaban J connectivity index is 2.63. The van der Waals surface area contributed by atoms with Crippen molar-refractivity contribution in [3.63, 3.8) is 0 Å². The highest BCUT2D eigenvalue weighted by Gasteiger charge is 2.54. The number of carboxylic acid groups (broad SMARTS) is 1. The van der Waals surface area contributed by atoms with Crippen LogP contribution in [0.2, 0.25) is 0 Å². The molecule has 1 aromatic rings. The number of alkyl halides is 1. The van der Waals surface area contributed by atoms with Crippen molar-refractivity contribution in [2.45, 2.75) is 5.00 Å². The van der Waals surface area contributed by atoms with Gasteiger partial charge >= 0.3 is 18.0 Å². The predicted octanol–water partition coefficient (Wildman–Crippen LogP) is 0.570. The maximum Gasteiger partial charge on any atom is 0.351 e. The molecule has 9 nitrogen and oxygen atoms in total. The predicted molar refractivity (Wildman–Crippen MR) is 83.8 cm³/mol. The second-order valence-corrected chi connectivity index (χ2v) is 7.37. The molecule has 1 atom stereocenters. The third-order valence-electron chi connectivity index (χ3n) is 3.31. The molecule has 1 aliphatic heterocycles. The van der Waals surface area contributed by atoms with Gasteiger partial charge in [0.25, 0.3) is 5.00 Å². The van der Waals surface area contributed by atoms with Crippen LogP contribution in [-0.2, 0) is 19.8 Å². The van der Waals surface area contributed by atoms with E-state index >= 15 is 0 Å². The molecular weight excluding hydrogens is 362 g/mol. The number of carboxylic acids is 1. The van der Waals surface area contributed by atoms with E-state index in [-0.39, 0.29) is 23.0 Å². The molecule has 1 aromatic carbocycles. The minimum Gasteiger partial charge on any atom is -0.478 e. The van der Waals surface area contributed by atoms with Crippen LogP contribution >= 0.6 is 11.6 Å². The van der Waals surface area contributed by atoms with Gasteiger partial charge in [0.2, 0.25) is 10.0 Å². The molecule has 2 rings (SSSR count). The van der Waals surface area contributed by atoms with Crippen LogP contribution in [0.1, 0.15) is 5.56 Å². The maximum atomic E-state index is 12.6. The quantitative estimate of drug-likeness (QED) is 0.585. The highest BCUT2D eigenvalue weighted by molar-refractivity contribution is 7.89. The number of nitrogens with one attached hydrogen (secondary N) is 1. The minimum absolute atomic E-state index is 0.00409. The summed E-state index contributed by atoms with van der Waals surface area (Å²) in [5, 5.41) is 11.9. The van der Waals surface area contributed by atoms with Gasteiger partial charge in [-0.3, -0.25) is 0 Å². The number of urea groups is 2. The molecule has 0 bridgehead atoms. The van der Waals surface area contributed by atoms with Gasteiger partial charge in [-0.05, 0) is 0 Å². The molecule has 0 spiro atoms. The molecule has 1 unspecified atom stereocenters. The summed E-state index contributed by atoms with van der Waals surface area (Å²) >= 11 is 6.14. The van der Waals surface area contributed by atoms with Gasteiger partial charge in [0, 0.05) is 18.7 Å². The van der Waals surface area contributed by atoms with Crippen molar-refractivity contribution in [1.82, 2.24) is 14.5 Å². The summed E-state index contributed by atoms with van der Waals surface area (Å²) in [6, 6.07) is 4.85. The SMILES string of the molecule is CS(=O)(=O)N(C(=O)N1CCNC1=O)C(Cl)(C(=O)O)c1ccccc1. The maximum absolute atomic E-state index is 12.6. The largest absolute Gasteiger partial charge is 0.478 e. The molecule has 11 heteroatoms. The number of aliphatic carboxylic acids is 1. The minimum atomic E-state index is -4.43. The first-order valence-corrected chi connectivity index (χ1v) is 8.90. The number of hydrogen-bond acceptors (Lipinski definition) is 5. The third-order valence-corrected chi connectivity index (χ3v) is 5.06. The number of hydrogen-bond donors (Lipinski definition) is 2.